The van der Waals surface area contributed by atoms with Crippen LogP contribution in [0, 0.1) is 0 Å². The zero-order valence-electron chi connectivity index (χ0n) is 18.8. The predicted molar refractivity (Wildman–Crippen MR) is 125 cm³/mol. The van der Waals surface area contributed by atoms with Crippen molar-refractivity contribution in [2.75, 3.05) is 11.9 Å². The maximum atomic E-state index is 13.0. The summed E-state index contributed by atoms with van der Waals surface area (Å²) in [6.07, 6.45) is -0.951. The molecule has 0 fully saturated rings. The van der Waals surface area contributed by atoms with Gasteiger partial charge in [-0.25, -0.2) is 4.79 Å². The van der Waals surface area contributed by atoms with Crippen LogP contribution in [0.25, 0.3) is 0 Å². The molecule has 33 heavy (non-hydrogen) atoms. The molecule has 1 aromatic heterocycles. The number of nitrogens with one attached hydrogen (secondary N) is 1. The summed E-state index contributed by atoms with van der Waals surface area (Å²) in [5, 5.41) is 2.90. The summed E-state index contributed by atoms with van der Waals surface area (Å²) >= 11 is 0. The first-order chi connectivity index (χ1) is 15.7. The third kappa shape index (κ3) is 6.51. The molecule has 0 aliphatic carbocycles. The quantitative estimate of drug-likeness (QED) is 0.369. The number of carbonyl (C=O) groups excluding carboxylic acids is 1. The second kappa shape index (κ2) is 10.4. The van der Waals surface area contributed by atoms with Crippen LogP contribution in [0.3, 0.4) is 0 Å². The molecule has 0 bridgehead atoms. The molecule has 0 saturated carbocycles. The summed E-state index contributed by atoms with van der Waals surface area (Å²) in [7, 11) is 0. The molecule has 7 heteroatoms. The number of carbonyl (C=O) groups is 1. The number of amides is 2. The van der Waals surface area contributed by atoms with Gasteiger partial charge in [0.05, 0.1) is 12.1 Å². The van der Waals surface area contributed by atoms with Gasteiger partial charge >= 0.3 is 12.2 Å². The highest BCUT2D eigenvalue weighted by atomic mass is 19.4. The van der Waals surface area contributed by atoms with Gasteiger partial charge < -0.3 is 14.8 Å². The Bertz CT molecular complexity index is 1080. The Hall–Kier alpha value is -3.48. The van der Waals surface area contributed by atoms with E-state index in [2.05, 4.69) is 25.7 Å². The molecule has 0 aliphatic heterocycles. The molecule has 0 spiro atoms. The SMILES string of the molecule is C=CCN(Cc1cccn1Cc1cccc(C(F)(F)F)c1)C(=O)Nc1ccc(C(C)C)cc1. The van der Waals surface area contributed by atoms with Gasteiger partial charge in [-0.3, -0.25) is 0 Å². The van der Waals surface area contributed by atoms with Crippen molar-refractivity contribution in [2.24, 2.45) is 0 Å². The first-order valence-corrected chi connectivity index (χ1v) is 10.7. The normalized spacial score (nSPS) is 11.5. The van der Waals surface area contributed by atoms with E-state index in [-0.39, 0.29) is 19.1 Å². The van der Waals surface area contributed by atoms with Gasteiger partial charge in [0, 0.05) is 30.7 Å². The number of halogens is 3. The molecule has 3 aromatic rings. The van der Waals surface area contributed by atoms with E-state index in [1.165, 1.54) is 11.6 Å². The van der Waals surface area contributed by atoms with E-state index in [9.17, 15) is 18.0 Å². The van der Waals surface area contributed by atoms with Gasteiger partial charge in [0.15, 0.2) is 0 Å². The summed E-state index contributed by atoms with van der Waals surface area (Å²) in [4.78, 5) is 14.5. The van der Waals surface area contributed by atoms with Gasteiger partial charge in [0.25, 0.3) is 0 Å². The average Bonchev–Trinajstić information content (AvgIpc) is 3.20. The smallest absolute Gasteiger partial charge is 0.345 e. The minimum atomic E-state index is -4.39. The molecule has 2 amide bonds. The zero-order chi connectivity index (χ0) is 24.0. The summed E-state index contributed by atoms with van der Waals surface area (Å²) in [6, 6.07) is 16.4. The summed E-state index contributed by atoms with van der Waals surface area (Å²) < 4.78 is 41.0. The Morgan fingerprint density at radius 2 is 1.85 bits per heavy atom. The van der Waals surface area contributed by atoms with Crippen molar-refractivity contribution in [1.29, 1.82) is 0 Å². The van der Waals surface area contributed by atoms with Crippen LogP contribution in [0.15, 0.2) is 79.5 Å². The fourth-order valence-electron chi connectivity index (χ4n) is 3.51. The number of hydrogen-bond donors (Lipinski definition) is 1. The summed E-state index contributed by atoms with van der Waals surface area (Å²) in [5.74, 6) is 0.400. The number of aromatic nitrogens is 1. The second-order valence-corrected chi connectivity index (χ2v) is 8.20. The molecule has 4 nitrogen and oxygen atoms in total. The molecule has 1 N–H and O–H groups in total. The maximum absolute atomic E-state index is 13.0. The van der Waals surface area contributed by atoms with Crippen molar-refractivity contribution >= 4 is 11.7 Å². The van der Waals surface area contributed by atoms with Gasteiger partial charge in [-0.2, -0.15) is 13.2 Å². The van der Waals surface area contributed by atoms with E-state index in [4.69, 9.17) is 0 Å². The molecular formula is C26H28F3N3O. The van der Waals surface area contributed by atoms with E-state index >= 15 is 0 Å². The number of alkyl halides is 3. The van der Waals surface area contributed by atoms with Crippen LogP contribution >= 0.6 is 0 Å². The first-order valence-electron chi connectivity index (χ1n) is 10.7. The van der Waals surface area contributed by atoms with E-state index < -0.39 is 11.7 Å². The van der Waals surface area contributed by atoms with Gasteiger partial charge in [-0.05, 0) is 53.4 Å². The average molecular weight is 456 g/mol. The number of nitrogens with zero attached hydrogens (tertiary/aromatic N) is 2. The summed E-state index contributed by atoms with van der Waals surface area (Å²) in [6.45, 7) is 8.83. The number of hydrogen-bond acceptors (Lipinski definition) is 1. The van der Waals surface area contributed by atoms with E-state index in [0.29, 0.717) is 23.7 Å². The third-order valence-electron chi connectivity index (χ3n) is 5.35. The standard InChI is InChI=1S/C26H28F3N3O/c1-4-14-32(25(33)30-23-12-10-21(11-13-23)19(2)3)18-24-9-6-15-31(24)17-20-7-5-8-22(16-20)26(27,28)29/h4-13,15-16,19H,1,14,17-18H2,2-3H3,(H,30,33). The molecule has 1 heterocycles. The Labute approximate surface area is 192 Å². The minimum Gasteiger partial charge on any atom is -0.345 e. The lowest BCUT2D eigenvalue weighted by molar-refractivity contribution is -0.137. The molecule has 174 valence electrons. The van der Waals surface area contributed by atoms with E-state index in [0.717, 1.165) is 17.8 Å². The number of benzene rings is 2. The number of anilines is 1. The van der Waals surface area contributed by atoms with Gasteiger partial charge in [-0.15, -0.1) is 6.58 Å². The fourth-order valence-corrected chi connectivity index (χ4v) is 3.51. The lowest BCUT2D eigenvalue weighted by Gasteiger charge is -2.23. The van der Waals surface area contributed by atoms with Gasteiger partial charge in [-0.1, -0.05) is 44.2 Å². The van der Waals surface area contributed by atoms with Crippen molar-refractivity contribution in [1.82, 2.24) is 9.47 Å². The summed E-state index contributed by atoms with van der Waals surface area (Å²) in [5.41, 5.74) is 2.54. The molecule has 3 rings (SSSR count). The lowest BCUT2D eigenvalue weighted by Crippen LogP contribution is -2.35. The van der Waals surface area contributed by atoms with Crippen LogP contribution in [0.5, 0.6) is 0 Å². The molecule has 2 aromatic carbocycles. The van der Waals surface area contributed by atoms with Crippen molar-refractivity contribution in [3.8, 4) is 0 Å². The molecule has 0 atom stereocenters. The van der Waals surface area contributed by atoms with Crippen LogP contribution in [0.2, 0.25) is 0 Å². The van der Waals surface area contributed by atoms with E-state index in [1.54, 1.807) is 23.2 Å². The lowest BCUT2D eigenvalue weighted by atomic mass is 10.0. The van der Waals surface area contributed by atoms with Crippen molar-refractivity contribution in [3.63, 3.8) is 0 Å². The molecule has 0 radical (unpaired) electrons. The zero-order valence-corrected chi connectivity index (χ0v) is 18.8. The first kappa shape index (κ1) is 24.2. The Morgan fingerprint density at radius 1 is 1.12 bits per heavy atom. The Kier molecular flexibility index (Phi) is 7.63. The monoisotopic (exact) mass is 455 g/mol. The van der Waals surface area contributed by atoms with Crippen LogP contribution < -0.4 is 5.32 Å². The predicted octanol–water partition coefficient (Wildman–Crippen LogP) is 6.90. The van der Waals surface area contributed by atoms with Crippen LogP contribution in [0.4, 0.5) is 23.7 Å². The Morgan fingerprint density at radius 3 is 2.48 bits per heavy atom. The highest BCUT2D eigenvalue weighted by Crippen LogP contribution is 2.29. The van der Waals surface area contributed by atoms with Crippen LogP contribution in [-0.4, -0.2) is 22.0 Å². The third-order valence-corrected chi connectivity index (χ3v) is 5.35. The largest absolute Gasteiger partial charge is 0.416 e. The van der Waals surface area contributed by atoms with Gasteiger partial charge in [0.1, 0.15) is 0 Å². The topological polar surface area (TPSA) is 37.3 Å². The second-order valence-electron chi connectivity index (χ2n) is 8.20. The molecular weight excluding hydrogens is 427 g/mol. The van der Waals surface area contributed by atoms with Crippen molar-refractivity contribution in [3.05, 3.63) is 102 Å². The highest BCUT2D eigenvalue weighted by Gasteiger charge is 2.30. The highest BCUT2D eigenvalue weighted by molar-refractivity contribution is 5.89. The van der Waals surface area contributed by atoms with Crippen LogP contribution in [0.1, 0.15) is 42.1 Å². The van der Waals surface area contributed by atoms with E-state index in [1.807, 2.05) is 41.0 Å². The number of urea groups is 1. The molecule has 0 unspecified atom stereocenters. The van der Waals surface area contributed by atoms with Crippen molar-refractivity contribution in [2.45, 2.75) is 39.0 Å². The minimum absolute atomic E-state index is 0.270. The number of rotatable bonds is 8. The fraction of sp³-hybridized carbons (Fsp3) is 0.269. The Balaban J connectivity index is 1.72. The maximum Gasteiger partial charge on any atom is 0.416 e. The van der Waals surface area contributed by atoms with Crippen molar-refractivity contribution < 1.29 is 18.0 Å². The molecule has 0 saturated heterocycles. The van der Waals surface area contributed by atoms with Gasteiger partial charge in [0.2, 0.25) is 0 Å². The van der Waals surface area contributed by atoms with Crippen LogP contribution in [-0.2, 0) is 19.3 Å². The molecule has 0 aliphatic rings.